The molecule has 1 heterocycles. The first-order chi connectivity index (χ1) is 9.69. The van der Waals surface area contributed by atoms with Crippen LogP contribution in [-0.2, 0) is 6.42 Å². The van der Waals surface area contributed by atoms with E-state index >= 15 is 0 Å². The lowest BCUT2D eigenvalue weighted by Gasteiger charge is -2.19. The van der Waals surface area contributed by atoms with Crippen LogP contribution >= 0.6 is 0 Å². The van der Waals surface area contributed by atoms with Gasteiger partial charge in [0.2, 0.25) is 0 Å². The van der Waals surface area contributed by atoms with E-state index in [1.165, 1.54) is 11.6 Å². The Morgan fingerprint density at radius 2 is 2.05 bits per heavy atom. The van der Waals surface area contributed by atoms with Gasteiger partial charge < -0.3 is 10.1 Å². The highest BCUT2D eigenvalue weighted by Crippen LogP contribution is 2.31. The number of rotatable bonds is 3. The summed E-state index contributed by atoms with van der Waals surface area (Å²) in [4.78, 5) is 0. The van der Waals surface area contributed by atoms with E-state index in [0.29, 0.717) is 5.56 Å². The van der Waals surface area contributed by atoms with Crippen molar-refractivity contribution in [2.75, 3.05) is 13.7 Å². The largest absolute Gasteiger partial charge is 0.493 e. The average molecular weight is 271 g/mol. The molecule has 1 atom stereocenters. The molecule has 2 aromatic rings. The Balaban J connectivity index is 2.03. The van der Waals surface area contributed by atoms with Gasteiger partial charge in [0, 0.05) is 12.0 Å². The monoisotopic (exact) mass is 271 g/mol. The molecule has 0 aliphatic carbocycles. The van der Waals surface area contributed by atoms with Gasteiger partial charge in [-0.25, -0.2) is 4.39 Å². The summed E-state index contributed by atoms with van der Waals surface area (Å²) in [6.45, 7) is 2.72. The summed E-state index contributed by atoms with van der Waals surface area (Å²) in [7, 11) is 1.86. The van der Waals surface area contributed by atoms with Gasteiger partial charge >= 0.3 is 0 Å². The molecule has 0 saturated heterocycles. The van der Waals surface area contributed by atoms with E-state index in [2.05, 4.69) is 11.4 Å². The second-order valence-electron chi connectivity index (χ2n) is 5.21. The van der Waals surface area contributed by atoms with Crippen molar-refractivity contribution in [3.63, 3.8) is 0 Å². The Morgan fingerprint density at radius 3 is 2.85 bits per heavy atom. The lowest BCUT2D eigenvalue weighted by molar-refractivity contribution is 0.357. The first-order valence-electron chi connectivity index (χ1n) is 6.88. The second-order valence-corrected chi connectivity index (χ2v) is 5.21. The fourth-order valence-corrected chi connectivity index (χ4v) is 2.77. The van der Waals surface area contributed by atoms with E-state index in [4.69, 9.17) is 4.74 Å². The van der Waals surface area contributed by atoms with Gasteiger partial charge in [0.15, 0.2) is 0 Å². The molecular formula is C17H18FNO. The molecule has 2 nitrogen and oxygen atoms in total. The standard InChI is InChI=1S/C17H18FNO/c1-11-3-5-15(18)14(9-11)17(19-2)13-4-6-16-12(10-13)7-8-20-16/h3-6,9-10,17,19H,7-8H2,1-2H3. The Kier molecular flexibility index (Phi) is 3.45. The zero-order valence-electron chi connectivity index (χ0n) is 11.7. The van der Waals surface area contributed by atoms with Crippen molar-refractivity contribution >= 4 is 0 Å². The minimum absolute atomic E-state index is 0.138. The van der Waals surface area contributed by atoms with Crippen LogP contribution in [0.15, 0.2) is 36.4 Å². The van der Waals surface area contributed by atoms with Gasteiger partial charge in [0.25, 0.3) is 0 Å². The van der Waals surface area contributed by atoms with Crippen molar-refractivity contribution in [1.29, 1.82) is 0 Å². The molecule has 0 saturated carbocycles. The summed E-state index contributed by atoms with van der Waals surface area (Å²) >= 11 is 0. The van der Waals surface area contributed by atoms with Gasteiger partial charge in [-0.15, -0.1) is 0 Å². The van der Waals surface area contributed by atoms with Crippen LogP contribution in [0.5, 0.6) is 5.75 Å². The van der Waals surface area contributed by atoms with E-state index < -0.39 is 0 Å². The van der Waals surface area contributed by atoms with Crippen LogP contribution in [0.1, 0.15) is 28.3 Å². The Bertz CT molecular complexity index is 639. The maximum Gasteiger partial charge on any atom is 0.128 e. The summed E-state index contributed by atoms with van der Waals surface area (Å²) in [6, 6.07) is 11.2. The zero-order chi connectivity index (χ0) is 14.1. The molecule has 0 bridgehead atoms. The van der Waals surface area contributed by atoms with E-state index in [-0.39, 0.29) is 11.9 Å². The molecule has 0 spiro atoms. The number of benzene rings is 2. The summed E-state index contributed by atoms with van der Waals surface area (Å²) in [5.41, 5.74) is 4.02. The summed E-state index contributed by atoms with van der Waals surface area (Å²) < 4.78 is 19.6. The number of fused-ring (bicyclic) bond motifs is 1. The molecule has 1 aliphatic heterocycles. The molecule has 20 heavy (non-hydrogen) atoms. The van der Waals surface area contributed by atoms with Gasteiger partial charge in [-0.3, -0.25) is 0 Å². The van der Waals surface area contributed by atoms with Gasteiger partial charge in [-0.1, -0.05) is 29.8 Å². The summed E-state index contributed by atoms with van der Waals surface area (Å²) in [5, 5.41) is 3.21. The van der Waals surface area contributed by atoms with Crippen LogP contribution in [0, 0.1) is 12.7 Å². The lowest BCUT2D eigenvalue weighted by Crippen LogP contribution is -2.19. The highest BCUT2D eigenvalue weighted by molar-refractivity contribution is 5.44. The molecule has 0 fully saturated rings. The smallest absolute Gasteiger partial charge is 0.128 e. The predicted molar refractivity (Wildman–Crippen MR) is 77.7 cm³/mol. The third-order valence-corrected chi connectivity index (χ3v) is 3.80. The second kappa shape index (κ2) is 5.25. The van der Waals surface area contributed by atoms with Gasteiger partial charge in [-0.2, -0.15) is 0 Å². The molecule has 104 valence electrons. The van der Waals surface area contributed by atoms with Gasteiger partial charge in [0.05, 0.1) is 12.6 Å². The molecular weight excluding hydrogens is 253 g/mol. The highest BCUT2D eigenvalue weighted by Gasteiger charge is 2.19. The van der Waals surface area contributed by atoms with Crippen LogP contribution < -0.4 is 10.1 Å². The number of ether oxygens (including phenoxy) is 1. The third-order valence-electron chi connectivity index (χ3n) is 3.80. The number of hydrogen-bond acceptors (Lipinski definition) is 2. The molecule has 3 heteroatoms. The minimum Gasteiger partial charge on any atom is -0.493 e. The van der Waals surface area contributed by atoms with Crippen molar-refractivity contribution in [1.82, 2.24) is 5.32 Å². The average Bonchev–Trinajstić information content (AvgIpc) is 2.91. The van der Waals surface area contributed by atoms with Crippen molar-refractivity contribution in [3.05, 3.63) is 64.5 Å². The van der Waals surface area contributed by atoms with Crippen molar-refractivity contribution < 1.29 is 9.13 Å². The SMILES string of the molecule is CNC(c1ccc2c(c1)CCO2)c1cc(C)ccc1F. The molecule has 0 aromatic heterocycles. The number of aryl methyl sites for hydroxylation is 1. The normalized spacial score (nSPS) is 14.8. The molecule has 2 aromatic carbocycles. The maximum atomic E-state index is 14.1. The third kappa shape index (κ3) is 2.29. The Hall–Kier alpha value is -1.87. The van der Waals surface area contributed by atoms with Crippen molar-refractivity contribution in [3.8, 4) is 5.75 Å². The van der Waals surface area contributed by atoms with Crippen LogP contribution in [0.3, 0.4) is 0 Å². The van der Waals surface area contributed by atoms with Crippen LogP contribution in [-0.4, -0.2) is 13.7 Å². The van der Waals surface area contributed by atoms with Crippen molar-refractivity contribution in [2.24, 2.45) is 0 Å². The Morgan fingerprint density at radius 1 is 1.20 bits per heavy atom. The van der Waals surface area contributed by atoms with E-state index in [1.54, 1.807) is 6.07 Å². The minimum atomic E-state index is -0.174. The first-order valence-corrected chi connectivity index (χ1v) is 6.88. The molecule has 1 unspecified atom stereocenters. The van der Waals surface area contributed by atoms with Crippen molar-refractivity contribution in [2.45, 2.75) is 19.4 Å². The maximum absolute atomic E-state index is 14.1. The zero-order valence-corrected chi connectivity index (χ0v) is 11.7. The molecule has 1 N–H and O–H groups in total. The fourth-order valence-electron chi connectivity index (χ4n) is 2.77. The van der Waals surface area contributed by atoms with Crippen LogP contribution in [0.2, 0.25) is 0 Å². The van der Waals surface area contributed by atoms with Crippen LogP contribution in [0.25, 0.3) is 0 Å². The van der Waals surface area contributed by atoms with Gasteiger partial charge in [-0.05, 0) is 37.2 Å². The summed E-state index contributed by atoms with van der Waals surface area (Å²) in [5.74, 6) is 0.778. The topological polar surface area (TPSA) is 21.3 Å². The highest BCUT2D eigenvalue weighted by atomic mass is 19.1. The predicted octanol–water partition coefficient (Wildman–Crippen LogP) is 3.38. The number of hydrogen-bond donors (Lipinski definition) is 1. The van der Waals surface area contributed by atoms with E-state index in [1.807, 2.05) is 32.2 Å². The lowest BCUT2D eigenvalue weighted by atomic mass is 9.95. The van der Waals surface area contributed by atoms with Gasteiger partial charge in [0.1, 0.15) is 11.6 Å². The summed E-state index contributed by atoms with van der Waals surface area (Å²) in [6.07, 6.45) is 0.926. The number of halogens is 1. The molecule has 1 aliphatic rings. The first kappa shape index (κ1) is 13.1. The van der Waals surface area contributed by atoms with Crippen LogP contribution in [0.4, 0.5) is 4.39 Å². The fraction of sp³-hybridized carbons (Fsp3) is 0.294. The van der Waals surface area contributed by atoms with E-state index in [9.17, 15) is 4.39 Å². The molecule has 3 rings (SSSR count). The Labute approximate surface area is 118 Å². The molecule has 0 radical (unpaired) electrons. The van der Waals surface area contributed by atoms with E-state index in [0.717, 1.165) is 29.9 Å². The molecule has 0 amide bonds. The number of nitrogens with one attached hydrogen (secondary N) is 1. The quantitative estimate of drug-likeness (QED) is 0.924.